The average molecular weight is 348 g/mol. The second-order valence-electron chi connectivity index (χ2n) is 7.49. The van der Waals surface area contributed by atoms with E-state index in [1.54, 1.807) is 0 Å². The molecule has 3 aromatic rings. The Morgan fingerprint density at radius 2 is 1.96 bits per heavy atom. The number of pyridine rings is 1. The Bertz CT molecular complexity index is 935. The van der Waals surface area contributed by atoms with Crippen molar-refractivity contribution in [2.24, 2.45) is 0 Å². The minimum Gasteiger partial charge on any atom is -0.484 e. The SMILES string of the molecule is CN1CCC[C@H]1c1nnc2ccc(O[C@@H]3CCCc4ccccc43)cn12. The molecule has 26 heavy (non-hydrogen) atoms. The molecular weight excluding hydrogens is 324 g/mol. The summed E-state index contributed by atoms with van der Waals surface area (Å²) in [6, 6.07) is 13.0. The fourth-order valence-electron chi connectivity index (χ4n) is 4.42. The predicted molar refractivity (Wildman–Crippen MR) is 100 cm³/mol. The molecule has 0 saturated carbocycles. The number of benzene rings is 1. The van der Waals surface area contributed by atoms with Crippen molar-refractivity contribution < 1.29 is 4.74 Å². The normalized spacial score (nSPS) is 23.3. The molecule has 0 radical (unpaired) electrons. The average Bonchev–Trinajstić information content (AvgIpc) is 3.27. The van der Waals surface area contributed by atoms with Gasteiger partial charge >= 0.3 is 0 Å². The Morgan fingerprint density at radius 1 is 1.04 bits per heavy atom. The number of nitrogens with zero attached hydrogens (tertiary/aromatic N) is 4. The minimum atomic E-state index is 0.131. The summed E-state index contributed by atoms with van der Waals surface area (Å²) in [6.45, 7) is 1.12. The van der Waals surface area contributed by atoms with E-state index in [1.165, 1.54) is 24.0 Å². The van der Waals surface area contributed by atoms with E-state index >= 15 is 0 Å². The molecule has 2 atom stereocenters. The minimum absolute atomic E-state index is 0.131. The van der Waals surface area contributed by atoms with Crippen LogP contribution in [0.3, 0.4) is 0 Å². The summed E-state index contributed by atoms with van der Waals surface area (Å²) in [5.41, 5.74) is 3.64. The first-order valence-corrected chi connectivity index (χ1v) is 9.59. The zero-order valence-corrected chi connectivity index (χ0v) is 15.1. The summed E-state index contributed by atoms with van der Waals surface area (Å²) >= 11 is 0. The molecule has 5 heteroatoms. The van der Waals surface area contributed by atoms with Gasteiger partial charge in [0.15, 0.2) is 11.5 Å². The summed E-state index contributed by atoms with van der Waals surface area (Å²) in [7, 11) is 2.16. The number of likely N-dealkylation sites (tertiary alicyclic amines) is 1. The van der Waals surface area contributed by atoms with Gasteiger partial charge in [0.05, 0.1) is 12.2 Å². The van der Waals surface area contributed by atoms with E-state index in [4.69, 9.17) is 4.74 Å². The number of aromatic nitrogens is 3. The first-order chi connectivity index (χ1) is 12.8. The maximum atomic E-state index is 6.41. The number of aryl methyl sites for hydroxylation is 1. The van der Waals surface area contributed by atoms with Crippen LogP contribution in [0.2, 0.25) is 0 Å². The Kier molecular flexibility index (Phi) is 3.89. The first kappa shape index (κ1) is 15.8. The highest BCUT2D eigenvalue weighted by Gasteiger charge is 2.27. The smallest absolute Gasteiger partial charge is 0.161 e. The van der Waals surface area contributed by atoms with Crippen LogP contribution in [0.5, 0.6) is 5.75 Å². The van der Waals surface area contributed by atoms with Gasteiger partial charge in [-0.05, 0) is 69.0 Å². The van der Waals surface area contributed by atoms with E-state index in [0.717, 1.165) is 43.0 Å². The molecule has 2 aromatic heterocycles. The Labute approximate surface area is 153 Å². The number of rotatable bonds is 3. The van der Waals surface area contributed by atoms with Crippen LogP contribution < -0.4 is 4.74 Å². The number of fused-ring (bicyclic) bond motifs is 2. The molecule has 3 heterocycles. The third-order valence-electron chi connectivity index (χ3n) is 5.81. The van der Waals surface area contributed by atoms with Gasteiger partial charge in [-0.15, -0.1) is 10.2 Å². The van der Waals surface area contributed by atoms with Crippen molar-refractivity contribution in [3.05, 3.63) is 59.5 Å². The van der Waals surface area contributed by atoms with Gasteiger partial charge in [-0.3, -0.25) is 9.30 Å². The van der Waals surface area contributed by atoms with Crippen LogP contribution in [-0.4, -0.2) is 33.1 Å². The number of hydrogen-bond donors (Lipinski definition) is 0. The van der Waals surface area contributed by atoms with Gasteiger partial charge in [0.2, 0.25) is 0 Å². The molecule has 0 N–H and O–H groups in total. The third-order valence-corrected chi connectivity index (χ3v) is 5.81. The van der Waals surface area contributed by atoms with Gasteiger partial charge in [-0.1, -0.05) is 24.3 Å². The molecule has 2 aliphatic rings. The standard InChI is InChI=1S/C21H24N4O/c1-24-13-5-9-18(24)21-23-22-20-12-11-16(14-25(20)21)26-19-10-4-7-15-6-2-3-8-17(15)19/h2-3,6,8,11-12,14,18-19H,4-5,7,9-10,13H2,1H3/t18-,19+/m0/s1. The van der Waals surface area contributed by atoms with E-state index < -0.39 is 0 Å². The lowest BCUT2D eigenvalue weighted by Crippen LogP contribution is -2.19. The van der Waals surface area contributed by atoms with Gasteiger partial charge < -0.3 is 4.74 Å². The van der Waals surface area contributed by atoms with Crippen LogP contribution in [-0.2, 0) is 6.42 Å². The molecule has 0 spiro atoms. The van der Waals surface area contributed by atoms with Crippen LogP contribution in [0.4, 0.5) is 0 Å². The molecule has 5 nitrogen and oxygen atoms in total. The summed E-state index contributed by atoms with van der Waals surface area (Å²) in [5.74, 6) is 1.91. The van der Waals surface area contributed by atoms with Gasteiger partial charge in [0.25, 0.3) is 0 Å². The highest BCUT2D eigenvalue weighted by Crippen LogP contribution is 2.34. The van der Waals surface area contributed by atoms with Crippen molar-refractivity contribution in [1.29, 1.82) is 0 Å². The second-order valence-corrected chi connectivity index (χ2v) is 7.49. The lowest BCUT2D eigenvalue weighted by Gasteiger charge is -2.26. The van der Waals surface area contributed by atoms with Crippen LogP contribution in [0.25, 0.3) is 5.65 Å². The van der Waals surface area contributed by atoms with E-state index in [0.29, 0.717) is 6.04 Å². The van der Waals surface area contributed by atoms with Crippen LogP contribution in [0.1, 0.15) is 54.8 Å². The molecule has 134 valence electrons. The first-order valence-electron chi connectivity index (χ1n) is 9.59. The second kappa shape index (κ2) is 6.40. The Morgan fingerprint density at radius 3 is 2.85 bits per heavy atom. The van der Waals surface area contributed by atoms with Gasteiger partial charge in [0.1, 0.15) is 11.9 Å². The molecule has 5 rings (SSSR count). The molecule has 0 unspecified atom stereocenters. The van der Waals surface area contributed by atoms with E-state index in [1.807, 2.05) is 12.1 Å². The maximum absolute atomic E-state index is 6.41. The summed E-state index contributed by atoms with van der Waals surface area (Å²) in [5, 5.41) is 8.82. The van der Waals surface area contributed by atoms with E-state index in [-0.39, 0.29) is 6.10 Å². The van der Waals surface area contributed by atoms with Gasteiger partial charge in [-0.25, -0.2) is 0 Å². The largest absolute Gasteiger partial charge is 0.484 e. The molecule has 1 saturated heterocycles. The molecule has 0 amide bonds. The molecule has 1 fully saturated rings. The summed E-state index contributed by atoms with van der Waals surface area (Å²) in [4.78, 5) is 2.36. The quantitative estimate of drug-likeness (QED) is 0.719. The summed E-state index contributed by atoms with van der Waals surface area (Å²) < 4.78 is 8.52. The fraction of sp³-hybridized carbons (Fsp3) is 0.429. The van der Waals surface area contributed by atoms with E-state index in [2.05, 4.69) is 57.0 Å². The fourth-order valence-corrected chi connectivity index (χ4v) is 4.42. The third kappa shape index (κ3) is 2.67. The zero-order valence-electron chi connectivity index (χ0n) is 15.1. The zero-order chi connectivity index (χ0) is 17.5. The van der Waals surface area contributed by atoms with Gasteiger partial charge in [0, 0.05) is 0 Å². The molecule has 1 aliphatic carbocycles. The van der Waals surface area contributed by atoms with Crippen molar-refractivity contribution in [2.45, 2.75) is 44.2 Å². The molecule has 0 bridgehead atoms. The van der Waals surface area contributed by atoms with Crippen molar-refractivity contribution in [3.8, 4) is 5.75 Å². The van der Waals surface area contributed by atoms with Crippen molar-refractivity contribution in [1.82, 2.24) is 19.5 Å². The molecular formula is C21H24N4O. The maximum Gasteiger partial charge on any atom is 0.161 e. The Hall–Kier alpha value is -2.40. The lowest BCUT2D eigenvalue weighted by molar-refractivity contribution is 0.182. The highest BCUT2D eigenvalue weighted by molar-refractivity contribution is 5.42. The lowest BCUT2D eigenvalue weighted by atomic mass is 9.89. The Balaban J connectivity index is 1.47. The summed E-state index contributed by atoms with van der Waals surface area (Å²) in [6.07, 6.45) is 7.94. The monoisotopic (exact) mass is 348 g/mol. The van der Waals surface area contributed by atoms with Crippen molar-refractivity contribution >= 4 is 5.65 Å². The van der Waals surface area contributed by atoms with Crippen LogP contribution in [0, 0.1) is 0 Å². The van der Waals surface area contributed by atoms with Crippen LogP contribution >= 0.6 is 0 Å². The van der Waals surface area contributed by atoms with E-state index in [9.17, 15) is 0 Å². The van der Waals surface area contributed by atoms with Gasteiger partial charge in [-0.2, -0.15) is 0 Å². The molecule has 1 aliphatic heterocycles. The highest BCUT2D eigenvalue weighted by atomic mass is 16.5. The van der Waals surface area contributed by atoms with Crippen molar-refractivity contribution in [2.75, 3.05) is 13.6 Å². The van der Waals surface area contributed by atoms with Crippen molar-refractivity contribution in [3.63, 3.8) is 0 Å². The predicted octanol–water partition coefficient (Wildman–Crippen LogP) is 3.95. The number of hydrogen-bond acceptors (Lipinski definition) is 4. The van der Waals surface area contributed by atoms with Crippen LogP contribution in [0.15, 0.2) is 42.6 Å². The number of ether oxygens (including phenoxy) is 1. The molecule has 1 aromatic carbocycles. The topological polar surface area (TPSA) is 42.7 Å².